The molecule has 1 N–H and O–H groups in total. The minimum atomic E-state index is 0.364. The number of nitrogens with zero attached hydrogens (tertiary/aromatic N) is 5. The summed E-state index contributed by atoms with van der Waals surface area (Å²) in [5.41, 5.74) is 7.49. The van der Waals surface area contributed by atoms with Crippen LogP contribution in [0.2, 0.25) is 5.02 Å². The fourth-order valence-corrected chi connectivity index (χ4v) is 4.71. The summed E-state index contributed by atoms with van der Waals surface area (Å²) >= 11 is 6.15. The zero-order chi connectivity index (χ0) is 24.0. The van der Waals surface area contributed by atoms with Crippen molar-refractivity contribution < 1.29 is 0 Å². The van der Waals surface area contributed by atoms with Crippen LogP contribution >= 0.6 is 11.6 Å². The molecule has 0 fully saturated rings. The molecule has 0 spiro atoms. The molecule has 0 atom stereocenters. The van der Waals surface area contributed by atoms with Gasteiger partial charge in [0.25, 0.3) is 0 Å². The summed E-state index contributed by atoms with van der Waals surface area (Å²) in [6.45, 7) is 4.90. The Labute approximate surface area is 203 Å². The van der Waals surface area contributed by atoms with Crippen molar-refractivity contribution in [3.63, 3.8) is 0 Å². The molecule has 5 aromatic rings. The predicted octanol–water partition coefficient (Wildman–Crippen LogP) is 5.75. The molecule has 0 saturated heterocycles. The van der Waals surface area contributed by atoms with Gasteiger partial charge in [0.2, 0.25) is 5.62 Å². The fourth-order valence-electron chi connectivity index (χ4n) is 4.46. The highest BCUT2D eigenvalue weighted by Gasteiger charge is 2.16. The van der Waals surface area contributed by atoms with Crippen LogP contribution in [0.5, 0.6) is 0 Å². The third-order valence-electron chi connectivity index (χ3n) is 6.33. The Hall–Kier alpha value is -3.64. The lowest BCUT2D eigenvalue weighted by atomic mass is 9.97. The molecule has 7 heteroatoms. The molecule has 172 valence electrons. The summed E-state index contributed by atoms with van der Waals surface area (Å²) in [7, 11) is 3.87. The Morgan fingerprint density at radius 3 is 2.44 bits per heavy atom. The second-order valence-corrected chi connectivity index (χ2v) is 9.40. The van der Waals surface area contributed by atoms with Crippen molar-refractivity contribution in [3.05, 3.63) is 88.8 Å². The first kappa shape index (κ1) is 22.2. The first-order valence-electron chi connectivity index (χ1n) is 11.3. The Morgan fingerprint density at radius 2 is 1.76 bits per heavy atom. The van der Waals surface area contributed by atoms with E-state index in [0.29, 0.717) is 23.9 Å². The van der Waals surface area contributed by atoms with E-state index in [1.54, 1.807) is 0 Å². The number of aryl methyl sites for hydroxylation is 2. The molecular weight excluding hydrogens is 444 g/mol. The van der Waals surface area contributed by atoms with Crippen molar-refractivity contribution in [2.24, 2.45) is 14.1 Å². The summed E-state index contributed by atoms with van der Waals surface area (Å²) in [4.78, 5) is 9.60. The minimum absolute atomic E-state index is 0.364. The van der Waals surface area contributed by atoms with Crippen LogP contribution in [0.4, 0.5) is 0 Å². The van der Waals surface area contributed by atoms with Crippen LogP contribution in [0.3, 0.4) is 0 Å². The topological polar surface area (TPSA) is 64.4 Å². The Balaban J connectivity index is 1.55. The number of halogens is 1. The van der Waals surface area contributed by atoms with Gasteiger partial charge in [-0.15, -0.1) is 0 Å². The molecule has 0 saturated carbocycles. The van der Waals surface area contributed by atoms with E-state index in [2.05, 4.69) is 61.3 Å². The summed E-state index contributed by atoms with van der Waals surface area (Å²) in [5, 5.41) is 9.43. The minimum Gasteiger partial charge on any atom is -0.349 e. The monoisotopic (exact) mass is 470 g/mol. The summed E-state index contributed by atoms with van der Waals surface area (Å²) < 4.78 is 5.78. The van der Waals surface area contributed by atoms with Gasteiger partial charge in [-0.25, -0.2) is 9.97 Å². The van der Waals surface area contributed by atoms with Crippen LogP contribution in [0.1, 0.15) is 30.9 Å². The molecule has 6 nitrogen and oxygen atoms in total. The maximum absolute atomic E-state index is 8.71. The number of fused-ring (bicyclic) bond motifs is 1. The fraction of sp³-hybridized carbons (Fsp3) is 0.222. The number of hydrogen-bond acceptors (Lipinski definition) is 3. The smallest absolute Gasteiger partial charge is 0.204 e. The number of benzene rings is 2. The van der Waals surface area contributed by atoms with Gasteiger partial charge in [0, 0.05) is 31.5 Å². The average molecular weight is 471 g/mol. The van der Waals surface area contributed by atoms with Gasteiger partial charge in [-0.1, -0.05) is 74.0 Å². The van der Waals surface area contributed by atoms with Gasteiger partial charge in [-0.05, 0) is 28.7 Å². The van der Waals surface area contributed by atoms with Gasteiger partial charge in [-0.2, -0.15) is 0 Å². The first-order valence-corrected chi connectivity index (χ1v) is 11.7. The lowest BCUT2D eigenvalue weighted by molar-refractivity contribution is 0.691. The highest BCUT2D eigenvalue weighted by molar-refractivity contribution is 6.30. The standard InChI is InChI=1S/C27H27ClN6/c1-17(2)21-7-5-6-8-22(21)25-30-14-24-26(31-25)34(27(29)33(24)4)15-18-9-11-19(12-10-18)23-13-20(28)16-32(23)3/h5-14,16-17,29H,15H2,1-4H3. The number of aromatic nitrogens is 5. The quantitative estimate of drug-likeness (QED) is 0.355. The zero-order valence-electron chi connectivity index (χ0n) is 19.7. The molecule has 3 heterocycles. The summed E-state index contributed by atoms with van der Waals surface area (Å²) in [6.07, 6.45) is 3.73. The number of hydrogen-bond donors (Lipinski definition) is 1. The molecule has 34 heavy (non-hydrogen) atoms. The molecule has 0 bridgehead atoms. The van der Waals surface area contributed by atoms with Gasteiger partial charge >= 0.3 is 0 Å². The third-order valence-corrected chi connectivity index (χ3v) is 6.53. The maximum atomic E-state index is 8.71. The highest BCUT2D eigenvalue weighted by Crippen LogP contribution is 2.28. The SMILES string of the molecule is CC(C)c1ccccc1-c1ncc2c(n1)n(Cc1ccc(-c3cc(Cl)cn3C)cc1)c(=N)n2C. The Bertz CT molecular complexity index is 1550. The van der Waals surface area contributed by atoms with E-state index in [1.165, 1.54) is 5.56 Å². The van der Waals surface area contributed by atoms with Crippen molar-refractivity contribution in [1.82, 2.24) is 23.7 Å². The van der Waals surface area contributed by atoms with Gasteiger partial charge in [0.15, 0.2) is 11.5 Å². The van der Waals surface area contributed by atoms with E-state index in [0.717, 1.165) is 38.6 Å². The molecule has 0 aliphatic rings. The van der Waals surface area contributed by atoms with E-state index in [9.17, 15) is 0 Å². The van der Waals surface area contributed by atoms with Gasteiger partial charge < -0.3 is 9.13 Å². The van der Waals surface area contributed by atoms with E-state index < -0.39 is 0 Å². The van der Waals surface area contributed by atoms with E-state index >= 15 is 0 Å². The summed E-state index contributed by atoms with van der Waals surface area (Å²) in [5.74, 6) is 1.05. The van der Waals surface area contributed by atoms with Crippen LogP contribution in [0.25, 0.3) is 33.8 Å². The molecule has 0 aliphatic heterocycles. The van der Waals surface area contributed by atoms with E-state index in [4.69, 9.17) is 22.0 Å². The van der Waals surface area contributed by atoms with Crippen molar-refractivity contribution in [3.8, 4) is 22.6 Å². The number of nitrogens with one attached hydrogen (secondary N) is 1. The molecule has 5 rings (SSSR count). The van der Waals surface area contributed by atoms with Crippen molar-refractivity contribution in [2.45, 2.75) is 26.3 Å². The molecule has 0 amide bonds. The summed E-state index contributed by atoms with van der Waals surface area (Å²) in [6, 6.07) is 18.6. The van der Waals surface area contributed by atoms with Crippen LogP contribution < -0.4 is 5.62 Å². The number of rotatable bonds is 5. The van der Waals surface area contributed by atoms with Crippen molar-refractivity contribution in [2.75, 3.05) is 0 Å². The zero-order valence-corrected chi connectivity index (χ0v) is 20.5. The first-order chi connectivity index (χ1) is 16.3. The Kier molecular flexibility index (Phi) is 5.62. The van der Waals surface area contributed by atoms with Gasteiger partial charge in [-0.3, -0.25) is 9.98 Å². The molecule has 0 aliphatic carbocycles. The predicted molar refractivity (Wildman–Crippen MR) is 137 cm³/mol. The Morgan fingerprint density at radius 1 is 1.03 bits per heavy atom. The van der Waals surface area contributed by atoms with Gasteiger partial charge in [0.1, 0.15) is 5.52 Å². The molecule has 0 unspecified atom stereocenters. The van der Waals surface area contributed by atoms with Crippen LogP contribution in [0.15, 0.2) is 67.0 Å². The van der Waals surface area contributed by atoms with Crippen molar-refractivity contribution in [1.29, 1.82) is 5.41 Å². The largest absolute Gasteiger partial charge is 0.349 e. The second kappa shape index (κ2) is 8.61. The van der Waals surface area contributed by atoms with Crippen LogP contribution in [-0.4, -0.2) is 23.7 Å². The average Bonchev–Trinajstić information content (AvgIpc) is 3.30. The molecule has 3 aromatic heterocycles. The third kappa shape index (κ3) is 3.84. The van der Waals surface area contributed by atoms with E-state index in [-0.39, 0.29) is 0 Å². The lowest BCUT2D eigenvalue weighted by Crippen LogP contribution is -2.23. The van der Waals surface area contributed by atoms with E-state index in [1.807, 2.05) is 52.3 Å². The molecule has 0 radical (unpaired) electrons. The molecular formula is C27H27ClN6. The van der Waals surface area contributed by atoms with Crippen molar-refractivity contribution >= 4 is 22.8 Å². The second-order valence-electron chi connectivity index (χ2n) is 8.96. The molecule has 2 aromatic carbocycles. The normalized spacial score (nSPS) is 11.6. The van der Waals surface area contributed by atoms with Gasteiger partial charge in [0.05, 0.1) is 17.8 Å². The lowest BCUT2D eigenvalue weighted by Gasteiger charge is -2.12. The van der Waals surface area contributed by atoms with Crippen LogP contribution in [-0.2, 0) is 20.6 Å². The van der Waals surface area contributed by atoms with Crippen LogP contribution in [0, 0.1) is 5.41 Å². The highest BCUT2D eigenvalue weighted by atomic mass is 35.5. The maximum Gasteiger partial charge on any atom is 0.204 e. The number of imidazole rings is 1.